The van der Waals surface area contributed by atoms with E-state index in [0.717, 1.165) is 0 Å². The van der Waals surface area contributed by atoms with Crippen molar-refractivity contribution in [2.45, 2.75) is 32.7 Å². The molecule has 0 aliphatic heterocycles. The Labute approximate surface area is 101 Å². The molecule has 96 valence electrons. The highest BCUT2D eigenvalue weighted by molar-refractivity contribution is 5.78. The Bertz CT molecular complexity index is 315. The molecule has 1 amide bonds. The molecule has 0 rings (SSSR count). The van der Waals surface area contributed by atoms with E-state index in [1.54, 1.807) is 4.90 Å². The molecule has 0 heterocycles. The van der Waals surface area contributed by atoms with Crippen molar-refractivity contribution in [2.24, 2.45) is 0 Å². The van der Waals surface area contributed by atoms with Crippen LogP contribution in [0, 0.1) is 11.3 Å². The van der Waals surface area contributed by atoms with Crippen molar-refractivity contribution in [3.8, 4) is 6.07 Å². The lowest BCUT2D eigenvalue weighted by molar-refractivity contribution is -0.138. The summed E-state index contributed by atoms with van der Waals surface area (Å²) >= 11 is 0. The minimum atomic E-state index is -0.892. The van der Waals surface area contributed by atoms with Crippen LogP contribution < -0.4 is 5.32 Å². The predicted molar refractivity (Wildman–Crippen MR) is 62.2 cm³/mol. The van der Waals surface area contributed by atoms with Gasteiger partial charge in [-0.2, -0.15) is 5.26 Å². The van der Waals surface area contributed by atoms with Gasteiger partial charge in [0.1, 0.15) is 6.54 Å². The van der Waals surface area contributed by atoms with Gasteiger partial charge >= 0.3 is 5.97 Å². The summed E-state index contributed by atoms with van der Waals surface area (Å²) in [6.45, 7) is 6.10. The van der Waals surface area contributed by atoms with Gasteiger partial charge in [-0.1, -0.05) is 0 Å². The Morgan fingerprint density at radius 3 is 2.41 bits per heavy atom. The first kappa shape index (κ1) is 15.4. The maximum Gasteiger partial charge on any atom is 0.304 e. The average Bonchev–Trinajstić information content (AvgIpc) is 2.19. The lowest BCUT2D eigenvalue weighted by Gasteiger charge is -2.34. The number of carboxylic acid groups (broad SMARTS) is 1. The van der Waals surface area contributed by atoms with Crippen molar-refractivity contribution in [3.05, 3.63) is 0 Å². The summed E-state index contributed by atoms with van der Waals surface area (Å²) in [6, 6.07) is 1.82. The second-order valence-corrected chi connectivity index (χ2v) is 4.67. The van der Waals surface area contributed by atoms with Gasteiger partial charge in [0.15, 0.2) is 0 Å². The van der Waals surface area contributed by atoms with Gasteiger partial charge < -0.3 is 10.4 Å². The Kier molecular flexibility index (Phi) is 6.21. The van der Waals surface area contributed by atoms with Crippen molar-refractivity contribution in [3.63, 3.8) is 0 Å². The van der Waals surface area contributed by atoms with Gasteiger partial charge in [-0.3, -0.25) is 14.5 Å². The fourth-order valence-electron chi connectivity index (χ4n) is 1.25. The van der Waals surface area contributed by atoms with E-state index in [2.05, 4.69) is 5.32 Å². The van der Waals surface area contributed by atoms with Gasteiger partial charge in [0.05, 0.1) is 19.0 Å². The number of rotatable bonds is 6. The van der Waals surface area contributed by atoms with Crippen LogP contribution in [-0.2, 0) is 9.59 Å². The molecule has 0 aromatic carbocycles. The summed E-state index contributed by atoms with van der Waals surface area (Å²) in [4.78, 5) is 23.7. The first-order valence-corrected chi connectivity index (χ1v) is 5.38. The van der Waals surface area contributed by atoms with Crippen LogP contribution in [0.5, 0.6) is 0 Å². The number of nitrogens with one attached hydrogen (secondary N) is 1. The molecule has 6 heteroatoms. The fourth-order valence-corrected chi connectivity index (χ4v) is 1.25. The third kappa shape index (κ3) is 7.30. The minimum Gasteiger partial charge on any atom is -0.481 e. The zero-order valence-corrected chi connectivity index (χ0v) is 10.5. The summed E-state index contributed by atoms with van der Waals surface area (Å²) in [5.74, 6) is -1.16. The number of carboxylic acids is 1. The zero-order valence-electron chi connectivity index (χ0n) is 10.5. The summed E-state index contributed by atoms with van der Waals surface area (Å²) in [7, 11) is 0. The first-order chi connectivity index (χ1) is 7.77. The maximum atomic E-state index is 11.5. The Morgan fingerprint density at radius 1 is 1.41 bits per heavy atom. The van der Waals surface area contributed by atoms with E-state index < -0.39 is 5.97 Å². The molecule has 0 saturated heterocycles. The number of carbonyl (C=O) groups excluding carboxylic acids is 1. The van der Waals surface area contributed by atoms with E-state index in [-0.39, 0.29) is 31.0 Å². The van der Waals surface area contributed by atoms with Crippen molar-refractivity contribution in [1.29, 1.82) is 5.26 Å². The van der Waals surface area contributed by atoms with Gasteiger partial charge in [0.2, 0.25) is 5.91 Å². The smallest absolute Gasteiger partial charge is 0.304 e. The number of aliphatic carboxylic acids is 1. The van der Waals surface area contributed by atoms with E-state index in [4.69, 9.17) is 10.4 Å². The molecule has 0 aliphatic rings. The van der Waals surface area contributed by atoms with E-state index >= 15 is 0 Å². The molecule has 0 bridgehead atoms. The highest BCUT2D eigenvalue weighted by Gasteiger charge is 2.23. The summed E-state index contributed by atoms with van der Waals surface area (Å²) in [5, 5.41) is 19.4. The average molecular weight is 241 g/mol. The normalized spacial score (nSPS) is 11.0. The third-order valence-electron chi connectivity index (χ3n) is 2.24. The molecule has 0 radical (unpaired) electrons. The second-order valence-electron chi connectivity index (χ2n) is 4.67. The Balaban J connectivity index is 4.35. The van der Waals surface area contributed by atoms with Crippen LogP contribution in [0.3, 0.4) is 0 Å². The van der Waals surface area contributed by atoms with Crippen LogP contribution in [0.15, 0.2) is 0 Å². The molecule has 0 fully saturated rings. The number of hydrogen-bond acceptors (Lipinski definition) is 4. The van der Waals surface area contributed by atoms with Crippen LogP contribution in [0.2, 0.25) is 0 Å². The quantitative estimate of drug-likeness (QED) is 0.648. The molecule has 0 aliphatic carbocycles. The molecule has 0 atom stereocenters. The Morgan fingerprint density at radius 2 is 2.00 bits per heavy atom. The van der Waals surface area contributed by atoms with Crippen molar-refractivity contribution in [2.75, 3.05) is 19.6 Å². The highest BCUT2D eigenvalue weighted by atomic mass is 16.4. The van der Waals surface area contributed by atoms with E-state index in [9.17, 15) is 9.59 Å². The summed E-state index contributed by atoms with van der Waals surface area (Å²) in [6.07, 6.45) is -0.0111. The minimum absolute atomic E-state index is 0.0111. The second kappa shape index (κ2) is 6.86. The summed E-state index contributed by atoms with van der Waals surface area (Å²) in [5.41, 5.74) is -0.292. The monoisotopic (exact) mass is 241 g/mol. The van der Waals surface area contributed by atoms with E-state index in [1.165, 1.54) is 0 Å². The van der Waals surface area contributed by atoms with Crippen LogP contribution in [0.4, 0.5) is 0 Å². The molecule has 17 heavy (non-hydrogen) atoms. The van der Waals surface area contributed by atoms with Gasteiger partial charge in [0.25, 0.3) is 0 Å². The van der Waals surface area contributed by atoms with Crippen LogP contribution in [-0.4, -0.2) is 47.1 Å². The molecular weight excluding hydrogens is 222 g/mol. The van der Waals surface area contributed by atoms with Gasteiger partial charge in [-0.05, 0) is 20.8 Å². The molecule has 0 saturated carbocycles. The maximum absolute atomic E-state index is 11.5. The van der Waals surface area contributed by atoms with Crippen LogP contribution >= 0.6 is 0 Å². The SMILES string of the molecule is CC(C)(C)N(CCC(=O)O)CC(=O)NCC#N. The number of amides is 1. The van der Waals surface area contributed by atoms with Gasteiger partial charge in [-0.25, -0.2) is 0 Å². The fraction of sp³-hybridized carbons (Fsp3) is 0.727. The topological polar surface area (TPSA) is 93.4 Å². The zero-order chi connectivity index (χ0) is 13.5. The Hall–Kier alpha value is -1.61. The van der Waals surface area contributed by atoms with Crippen molar-refractivity contribution in [1.82, 2.24) is 10.2 Å². The first-order valence-electron chi connectivity index (χ1n) is 5.38. The number of hydrogen-bond donors (Lipinski definition) is 2. The molecule has 0 unspecified atom stereocenters. The van der Waals surface area contributed by atoms with Gasteiger partial charge in [0, 0.05) is 12.1 Å². The van der Waals surface area contributed by atoms with Crippen LogP contribution in [0.25, 0.3) is 0 Å². The number of carbonyl (C=O) groups is 2. The van der Waals surface area contributed by atoms with Crippen molar-refractivity contribution >= 4 is 11.9 Å². The van der Waals surface area contributed by atoms with E-state index in [1.807, 2.05) is 26.8 Å². The molecule has 6 nitrogen and oxygen atoms in total. The van der Waals surface area contributed by atoms with E-state index in [0.29, 0.717) is 6.54 Å². The standard InChI is InChI=1S/C11H19N3O3/c1-11(2,3)14(7-4-10(16)17)8-9(15)13-6-5-12/h4,6-8H2,1-3H3,(H,13,15)(H,16,17). The lowest BCUT2D eigenvalue weighted by Crippen LogP contribution is -2.48. The number of nitriles is 1. The summed E-state index contributed by atoms with van der Waals surface area (Å²) < 4.78 is 0. The molecule has 0 aromatic heterocycles. The van der Waals surface area contributed by atoms with Crippen LogP contribution in [0.1, 0.15) is 27.2 Å². The highest BCUT2D eigenvalue weighted by Crippen LogP contribution is 2.13. The third-order valence-corrected chi connectivity index (χ3v) is 2.24. The lowest BCUT2D eigenvalue weighted by atomic mass is 10.1. The predicted octanol–water partition coefficient (Wildman–Crippen LogP) is 0.201. The molecule has 0 spiro atoms. The molecule has 2 N–H and O–H groups in total. The molecular formula is C11H19N3O3. The van der Waals surface area contributed by atoms with Gasteiger partial charge in [-0.15, -0.1) is 0 Å². The number of nitrogens with zero attached hydrogens (tertiary/aromatic N) is 2. The molecule has 0 aromatic rings. The van der Waals surface area contributed by atoms with Crippen molar-refractivity contribution < 1.29 is 14.7 Å². The largest absolute Gasteiger partial charge is 0.481 e.